The van der Waals surface area contributed by atoms with Crippen LogP contribution in [0.1, 0.15) is 18.1 Å². The number of nitrogens with zero attached hydrogens (tertiary/aromatic N) is 1. The van der Waals surface area contributed by atoms with Crippen LogP contribution in [0.3, 0.4) is 0 Å². The van der Waals surface area contributed by atoms with Gasteiger partial charge < -0.3 is 9.64 Å². The van der Waals surface area contributed by atoms with E-state index >= 15 is 0 Å². The van der Waals surface area contributed by atoms with Gasteiger partial charge in [0.2, 0.25) is 5.91 Å². The number of halogens is 1. The molecule has 1 aliphatic rings. The predicted molar refractivity (Wildman–Crippen MR) is 111 cm³/mol. The first-order valence-electron chi connectivity index (χ1n) is 8.04. The van der Waals surface area contributed by atoms with Crippen molar-refractivity contribution in [1.82, 2.24) is 4.90 Å². The van der Waals surface area contributed by atoms with Gasteiger partial charge in [0, 0.05) is 28.2 Å². The Kier molecular flexibility index (Phi) is 5.92. The second kappa shape index (κ2) is 8.15. The Balaban J connectivity index is 2.23. The molecule has 0 radical (unpaired) electrons. The molecule has 1 atom stereocenters. The summed E-state index contributed by atoms with van der Waals surface area (Å²) in [5.41, 5.74) is 2.06. The SMILES string of the molecule is CCOc1ccccc1C1(c2ccccc2)SCC(=O)N1CC#CI. The van der Waals surface area contributed by atoms with E-state index in [1.54, 1.807) is 11.8 Å². The summed E-state index contributed by atoms with van der Waals surface area (Å²) in [4.78, 5) is 14.0. The topological polar surface area (TPSA) is 29.5 Å². The molecular weight excluding hydrogens is 445 g/mol. The van der Waals surface area contributed by atoms with Gasteiger partial charge in [-0.05, 0) is 22.5 Å². The quantitative estimate of drug-likeness (QED) is 0.491. The molecule has 0 N–H and O–H groups in total. The van der Waals surface area contributed by atoms with Crippen LogP contribution in [0.4, 0.5) is 0 Å². The highest BCUT2D eigenvalue weighted by molar-refractivity contribution is 14.1. The average Bonchev–Trinajstić information content (AvgIpc) is 2.99. The van der Waals surface area contributed by atoms with Crippen molar-refractivity contribution in [2.75, 3.05) is 18.9 Å². The minimum absolute atomic E-state index is 0.0966. The molecule has 1 aliphatic heterocycles. The van der Waals surface area contributed by atoms with Crippen LogP contribution in [0.25, 0.3) is 0 Å². The maximum atomic E-state index is 12.7. The summed E-state index contributed by atoms with van der Waals surface area (Å²) < 4.78 is 8.78. The van der Waals surface area contributed by atoms with Crippen molar-refractivity contribution in [3.8, 4) is 15.6 Å². The second-order valence-electron chi connectivity index (χ2n) is 5.48. The zero-order chi connectivity index (χ0) is 17.7. The van der Waals surface area contributed by atoms with E-state index in [-0.39, 0.29) is 5.91 Å². The largest absolute Gasteiger partial charge is 0.493 e. The molecule has 1 heterocycles. The lowest BCUT2D eigenvalue weighted by Crippen LogP contribution is -2.43. The monoisotopic (exact) mass is 463 g/mol. The van der Waals surface area contributed by atoms with Crippen molar-refractivity contribution in [3.05, 3.63) is 65.7 Å². The predicted octanol–water partition coefficient (Wildman–Crippen LogP) is 4.26. The fourth-order valence-electron chi connectivity index (χ4n) is 3.12. The summed E-state index contributed by atoms with van der Waals surface area (Å²) in [6.07, 6.45) is 0. The highest BCUT2D eigenvalue weighted by atomic mass is 127. The van der Waals surface area contributed by atoms with Gasteiger partial charge in [-0.2, -0.15) is 0 Å². The Hall–Kier alpha value is -1.65. The Labute approximate surface area is 166 Å². The molecule has 0 saturated carbocycles. The van der Waals surface area contributed by atoms with Crippen LogP contribution in [0.15, 0.2) is 54.6 Å². The van der Waals surface area contributed by atoms with Gasteiger partial charge >= 0.3 is 0 Å². The number of ether oxygens (including phenoxy) is 1. The summed E-state index contributed by atoms with van der Waals surface area (Å²) in [5, 5.41) is 0. The summed E-state index contributed by atoms with van der Waals surface area (Å²) in [5.74, 6) is 4.39. The van der Waals surface area contributed by atoms with E-state index in [0.717, 1.165) is 16.9 Å². The molecule has 0 bridgehead atoms. The summed E-state index contributed by atoms with van der Waals surface area (Å²) in [6, 6.07) is 18.1. The molecule has 0 spiro atoms. The molecule has 25 heavy (non-hydrogen) atoms. The number of benzene rings is 2. The van der Waals surface area contributed by atoms with Crippen LogP contribution in [0.2, 0.25) is 0 Å². The smallest absolute Gasteiger partial charge is 0.235 e. The van der Waals surface area contributed by atoms with Gasteiger partial charge in [0.15, 0.2) is 0 Å². The normalized spacial score (nSPS) is 19.4. The Morgan fingerprint density at radius 2 is 1.92 bits per heavy atom. The van der Waals surface area contributed by atoms with Gasteiger partial charge in [-0.1, -0.05) is 54.5 Å². The molecule has 2 aromatic carbocycles. The van der Waals surface area contributed by atoms with Gasteiger partial charge in [-0.3, -0.25) is 4.79 Å². The average molecular weight is 463 g/mol. The summed E-state index contributed by atoms with van der Waals surface area (Å²) >= 11 is 3.64. The lowest BCUT2D eigenvalue weighted by molar-refractivity contribution is -0.128. The van der Waals surface area contributed by atoms with Crippen LogP contribution in [0, 0.1) is 9.85 Å². The highest BCUT2D eigenvalue weighted by Crippen LogP contribution is 2.52. The molecule has 1 fully saturated rings. The number of para-hydroxylation sites is 1. The van der Waals surface area contributed by atoms with Gasteiger partial charge in [0.25, 0.3) is 0 Å². The van der Waals surface area contributed by atoms with E-state index in [0.29, 0.717) is 18.9 Å². The first kappa shape index (κ1) is 18.2. The molecule has 0 aliphatic carbocycles. The molecule has 2 aromatic rings. The van der Waals surface area contributed by atoms with Crippen LogP contribution < -0.4 is 4.74 Å². The zero-order valence-corrected chi connectivity index (χ0v) is 16.8. The fourth-order valence-corrected chi connectivity index (χ4v) is 4.72. The molecule has 1 amide bonds. The molecular formula is C20H18INO2S. The van der Waals surface area contributed by atoms with Crippen molar-refractivity contribution >= 4 is 40.3 Å². The maximum Gasteiger partial charge on any atom is 0.235 e. The van der Waals surface area contributed by atoms with Gasteiger partial charge in [0.05, 0.1) is 18.9 Å². The third-order valence-corrected chi connectivity index (χ3v) is 5.97. The van der Waals surface area contributed by atoms with Crippen LogP contribution >= 0.6 is 34.4 Å². The lowest BCUT2D eigenvalue weighted by atomic mass is 9.95. The minimum atomic E-state index is -0.620. The van der Waals surface area contributed by atoms with E-state index < -0.39 is 4.87 Å². The third-order valence-electron chi connectivity index (χ3n) is 4.11. The van der Waals surface area contributed by atoms with Crippen LogP contribution in [-0.4, -0.2) is 29.7 Å². The molecule has 1 unspecified atom stereocenters. The van der Waals surface area contributed by atoms with E-state index in [4.69, 9.17) is 4.74 Å². The molecule has 3 nitrogen and oxygen atoms in total. The van der Waals surface area contributed by atoms with Crippen molar-refractivity contribution in [2.24, 2.45) is 0 Å². The Morgan fingerprint density at radius 1 is 1.20 bits per heavy atom. The van der Waals surface area contributed by atoms with E-state index in [9.17, 15) is 4.79 Å². The fraction of sp³-hybridized carbons (Fsp3) is 0.250. The second-order valence-corrected chi connectivity index (χ2v) is 7.19. The molecule has 128 valence electrons. The van der Waals surface area contributed by atoms with Gasteiger partial charge in [-0.25, -0.2) is 0 Å². The number of carbonyl (C=O) groups is 1. The van der Waals surface area contributed by atoms with Crippen molar-refractivity contribution in [1.29, 1.82) is 0 Å². The van der Waals surface area contributed by atoms with E-state index in [2.05, 4.69) is 22.0 Å². The number of carbonyl (C=O) groups excluding carboxylic acids is 1. The van der Waals surface area contributed by atoms with Gasteiger partial charge in [0.1, 0.15) is 10.6 Å². The maximum absolute atomic E-state index is 12.7. The number of hydrogen-bond donors (Lipinski definition) is 0. The van der Waals surface area contributed by atoms with Gasteiger partial charge in [-0.15, -0.1) is 11.8 Å². The standard InChI is InChI=1S/C20H18INO2S/c1-2-24-18-12-7-6-11-17(18)20(16-9-4-3-5-10-16)22(14-8-13-21)19(23)15-25-20/h3-7,9-12H,2,14-15H2,1H3. The Morgan fingerprint density at radius 3 is 2.64 bits per heavy atom. The minimum Gasteiger partial charge on any atom is -0.493 e. The number of rotatable bonds is 5. The van der Waals surface area contributed by atoms with Crippen molar-refractivity contribution in [3.63, 3.8) is 0 Å². The number of amides is 1. The molecule has 5 heteroatoms. The van der Waals surface area contributed by atoms with Crippen LogP contribution in [0.5, 0.6) is 5.75 Å². The summed E-state index contributed by atoms with van der Waals surface area (Å²) in [7, 11) is 0. The van der Waals surface area contributed by atoms with Crippen molar-refractivity contribution in [2.45, 2.75) is 11.8 Å². The molecule has 0 aromatic heterocycles. The highest BCUT2D eigenvalue weighted by Gasteiger charge is 2.50. The first-order chi connectivity index (χ1) is 12.2. The zero-order valence-electron chi connectivity index (χ0n) is 13.9. The Bertz CT molecular complexity index is 815. The van der Waals surface area contributed by atoms with Crippen LogP contribution in [-0.2, 0) is 9.67 Å². The first-order valence-corrected chi connectivity index (χ1v) is 10.1. The molecule has 1 saturated heterocycles. The summed E-state index contributed by atoms with van der Waals surface area (Å²) in [6.45, 7) is 2.94. The number of thioether (sulfide) groups is 1. The van der Waals surface area contributed by atoms with E-state index in [1.165, 1.54) is 0 Å². The van der Waals surface area contributed by atoms with E-state index in [1.807, 2.05) is 76.9 Å². The third kappa shape index (κ3) is 3.38. The molecule has 3 rings (SSSR count). The van der Waals surface area contributed by atoms with Crippen molar-refractivity contribution < 1.29 is 9.53 Å². The number of hydrogen-bond acceptors (Lipinski definition) is 3. The lowest BCUT2D eigenvalue weighted by Gasteiger charge is -2.38.